The molecule has 1 aromatic heterocycles. The van der Waals surface area contributed by atoms with Gasteiger partial charge < -0.3 is 9.72 Å². The number of H-pyrrole nitrogens is 2. The van der Waals surface area contributed by atoms with Crippen LogP contribution in [0.3, 0.4) is 0 Å². The summed E-state index contributed by atoms with van der Waals surface area (Å²) in [5.74, 6) is 0.849. The third kappa shape index (κ3) is 2.20. The van der Waals surface area contributed by atoms with Crippen molar-refractivity contribution in [3.63, 3.8) is 0 Å². The van der Waals surface area contributed by atoms with E-state index in [1.54, 1.807) is 19.1 Å². The molecule has 2 N–H and O–H groups in total. The van der Waals surface area contributed by atoms with E-state index in [4.69, 9.17) is 17.0 Å². The van der Waals surface area contributed by atoms with Crippen molar-refractivity contribution in [2.24, 2.45) is 0 Å². The summed E-state index contributed by atoms with van der Waals surface area (Å²) in [5.41, 5.74) is 0.280. The first-order valence-corrected chi connectivity index (χ1v) is 5.14. The lowest BCUT2D eigenvalue weighted by molar-refractivity contribution is 0.466. The van der Waals surface area contributed by atoms with Crippen molar-refractivity contribution < 1.29 is 4.74 Å². The Morgan fingerprint density at radius 3 is 2.50 bits per heavy atom. The monoisotopic (exact) mass is 234 g/mol. The maximum absolute atomic E-state index is 11.6. The quantitative estimate of drug-likeness (QED) is 0.785. The summed E-state index contributed by atoms with van der Waals surface area (Å²) in [6, 6.07) is 9.11. The molecule has 0 amide bonds. The number of ether oxygens (including phenoxy) is 1. The second-order valence-electron chi connectivity index (χ2n) is 3.28. The third-order valence-electron chi connectivity index (χ3n) is 2.04. The van der Waals surface area contributed by atoms with Crippen molar-refractivity contribution in [3.05, 3.63) is 51.2 Å². The summed E-state index contributed by atoms with van der Waals surface area (Å²) in [7, 11) is 0. The average molecular weight is 234 g/mol. The lowest BCUT2D eigenvalue weighted by Gasteiger charge is -2.06. The Morgan fingerprint density at radius 2 is 1.88 bits per heavy atom. The Labute approximate surface area is 96.9 Å². The van der Waals surface area contributed by atoms with Crippen molar-refractivity contribution in [2.45, 2.75) is 6.92 Å². The molecular weight excluding hydrogens is 224 g/mol. The third-order valence-corrected chi connectivity index (χ3v) is 2.24. The van der Waals surface area contributed by atoms with Crippen LogP contribution in [0.4, 0.5) is 0 Å². The fourth-order valence-electron chi connectivity index (χ4n) is 1.32. The predicted molar refractivity (Wildman–Crippen MR) is 63.5 cm³/mol. The van der Waals surface area contributed by atoms with Crippen LogP contribution in [0.15, 0.2) is 35.1 Å². The lowest BCUT2D eigenvalue weighted by Crippen LogP contribution is -2.12. The molecule has 0 aliphatic carbocycles. The fraction of sp³-hybridized carbons (Fsp3) is 0.0909. The topological polar surface area (TPSA) is 57.9 Å². The predicted octanol–water partition coefficient (Wildman–Crippen LogP) is 2.53. The second kappa shape index (κ2) is 4.32. The Bertz CT molecular complexity index is 601. The van der Waals surface area contributed by atoms with Gasteiger partial charge >= 0.3 is 0 Å². The highest BCUT2D eigenvalue weighted by molar-refractivity contribution is 7.71. The summed E-state index contributed by atoms with van der Waals surface area (Å²) in [5, 5.41) is 0. The van der Waals surface area contributed by atoms with E-state index < -0.39 is 0 Å². The van der Waals surface area contributed by atoms with Gasteiger partial charge in [-0.15, -0.1) is 0 Å². The Balaban J connectivity index is 2.43. The molecule has 0 aliphatic rings. The van der Waals surface area contributed by atoms with Crippen LogP contribution in [0.2, 0.25) is 0 Å². The molecule has 0 aliphatic heterocycles. The van der Waals surface area contributed by atoms with Crippen LogP contribution in [-0.2, 0) is 0 Å². The number of aromatic amines is 2. The number of hydrogen-bond donors (Lipinski definition) is 2. The smallest absolute Gasteiger partial charge is 0.294 e. The molecule has 5 heteroatoms. The van der Waals surface area contributed by atoms with E-state index in [0.717, 1.165) is 0 Å². The van der Waals surface area contributed by atoms with E-state index in [1.165, 1.54) is 0 Å². The number of hydrogen-bond acceptors (Lipinski definition) is 3. The number of aromatic nitrogens is 2. The van der Waals surface area contributed by atoms with Gasteiger partial charge in [0.1, 0.15) is 5.75 Å². The molecule has 0 saturated heterocycles. The number of benzene rings is 1. The van der Waals surface area contributed by atoms with E-state index in [-0.39, 0.29) is 11.3 Å². The van der Waals surface area contributed by atoms with Gasteiger partial charge in [0.25, 0.3) is 5.56 Å². The SMILES string of the molecule is Cc1[nH]c(=S)[nH]c(=O)c1Oc1ccccc1. The van der Waals surface area contributed by atoms with Crippen LogP contribution in [0, 0.1) is 11.7 Å². The minimum Gasteiger partial charge on any atom is -0.450 e. The first kappa shape index (κ1) is 10.6. The first-order valence-electron chi connectivity index (χ1n) is 4.73. The zero-order chi connectivity index (χ0) is 11.5. The molecule has 0 fully saturated rings. The normalized spacial score (nSPS) is 10.1. The number of nitrogens with one attached hydrogen (secondary N) is 2. The summed E-state index contributed by atoms with van der Waals surface area (Å²) in [6.45, 7) is 1.74. The molecule has 16 heavy (non-hydrogen) atoms. The zero-order valence-electron chi connectivity index (χ0n) is 8.61. The molecule has 0 bridgehead atoms. The van der Waals surface area contributed by atoms with Crippen LogP contribution < -0.4 is 10.3 Å². The molecule has 0 unspecified atom stereocenters. The Hall–Kier alpha value is -1.88. The van der Waals surface area contributed by atoms with E-state index in [9.17, 15) is 4.79 Å². The van der Waals surface area contributed by atoms with Crippen LogP contribution in [0.5, 0.6) is 11.5 Å². The summed E-state index contributed by atoms with van der Waals surface area (Å²) < 4.78 is 5.77. The van der Waals surface area contributed by atoms with Gasteiger partial charge in [0.05, 0.1) is 5.69 Å². The average Bonchev–Trinajstić information content (AvgIpc) is 2.25. The van der Waals surface area contributed by atoms with Crippen molar-refractivity contribution >= 4 is 12.2 Å². The zero-order valence-corrected chi connectivity index (χ0v) is 9.43. The van der Waals surface area contributed by atoms with E-state index >= 15 is 0 Å². The molecule has 82 valence electrons. The maximum atomic E-state index is 11.6. The van der Waals surface area contributed by atoms with Gasteiger partial charge in [-0.3, -0.25) is 9.78 Å². The Kier molecular flexibility index (Phi) is 2.87. The molecule has 0 radical (unpaired) electrons. The van der Waals surface area contributed by atoms with E-state index in [2.05, 4.69) is 9.97 Å². The van der Waals surface area contributed by atoms with Crippen LogP contribution >= 0.6 is 12.2 Å². The van der Waals surface area contributed by atoms with E-state index in [0.29, 0.717) is 16.2 Å². The highest BCUT2D eigenvalue weighted by Crippen LogP contribution is 2.18. The summed E-state index contributed by atoms with van der Waals surface area (Å²) in [4.78, 5) is 16.9. The molecule has 0 saturated carbocycles. The standard InChI is InChI=1S/C11H10N2O2S/c1-7-9(10(14)13-11(16)12-7)15-8-5-3-2-4-6-8/h2-6H,1H3,(H2,12,13,14,16). The van der Waals surface area contributed by atoms with Crippen LogP contribution in [0.25, 0.3) is 0 Å². The lowest BCUT2D eigenvalue weighted by atomic mass is 10.3. The molecule has 0 spiro atoms. The Morgan fingerprint density at radius 1 is 1.19 bits per heavy atom. The van der Waals surface area contributed by atoms with Gasteiger partial charge in [0.2, 0.25) is 5.75 Å². The van der Waals surface area contributed by atoms with E-state index in [1.807, 2.05) is 18.2 Å². The van der Waals surface area contributed by atoms with Crippen molar-refractivity contribution in [3.8, 4) is 11.5 Å². The number of aryl methyl sites for hydroxylation is 1. The van der Waals surface area contributed by atoms with Crippen LogP contribution in [0.1, 0.15) is 5.69 Å². The summed E-state index contributed by atoms with van der Waals surface area (Å²) >= 11 is 4.84. The van der Waals surface area contributed by atoms with Gasteiger partial charge in [-0.1, -0.05) is 18.2 Å². The summed E-state index contributed by atoms with van der Waals surface area (Å²) in [6.07, 6.45) is 0. The fourth-order valence-corrected chi connectivity index (χ4v) is 1.56. The number of para-hydroxylation sites is 1. The largest absolute Gasteiger partial charge is 0.450 e. The molecule has 4 nitrogen and oxygen atoms in total. The van der Waals surface area contributed by atoms with Gasteiger partial charge in [-0.25, -0.2) is 0 Å². The van der Waals surface area contributed by atoms with Gasteiger partial charge in [0.15, 0.2) is 4.77 Å². The van der Waals surface area contributed by atoms with Gasteiger partial charge in [0, 0.05) is 0 Å². The minimum atomic E-state index is -0.329. The molecule has 2 rings (SSSR count). The van der Waals surface area contributed by atoms with Crippen molar-refractivity contribution in [1.29, 1.82) is 0 Å². The minimum absolute atomic E-state index is 0.236. The van der Waals surface area contributed by atoms with Crippen molar-refractivity contribution in [2.75, 3.05) is 0 Å². The van der Waals surface area contributed by atoms with Gasteiger partial charge in [-0.05, 0) is 31.3 Å². The molecule has 1 aromatic carbocycles. The first-order chi connectivity index (χ1) is 7.66. The molecule has 1 heterocycles. The highest BCUT2D eigenvalue weighted by atomic mass is 32.1. The number of rotatable bonds is 2. The molecule has 0 atom stereocenters. The maximum Gasteiger partial charge on any atom is 0.294 e. The molecular formula is C11H10N2O2S. The highest BCUT2D eigenvalue weighted by Gasteiger charge is 2.06. The van der Waals surface area contributed by atoms with Crippen molar-refractivity contribution in [1.82, 2.24) is 9.97 Å². The second-order valence-corrected chi connectivity index (χ2v) is 3.69. The van der Waals surface area contributed by atoms with Crippen LogP contribution in [-0.4, -0.2) is 9.97 Å². The van der Waals surface area contributed by atoms with Gasteiger partial charge in [-0.2, -0.15) is 0 Å². The molecule has 2 aromatic rings.